The van der Waals surface area contributed by atoms with Gasteiger partial charge in [0.15, 0.2) is 0 Å². The van der Waals surface area contributed by atoms with E-state index >= 15 is 0 Å². The molecule has 1 N–H and O–H groups in total. The van der Waals surface area contributed by atoms with Crippen LogP contribution in [0.3, 0.4) is 0 Å². The minimum atomic E-state index is -0.218. The van der Waals surface area contributed by atoms with Gasteiger partial charge in [0.05, 0.1) is 18.4 Å². The van der Waals surface area contributed by atoms with Gasteiger partial charge in [0.1, 0.15) is 0 Å². The second kappa shape index (κ2) is 6.65. The Hall–Kier alpha value is -1.69. The van der Waals surface area contributed by atoms with Crippen molar-refractivity contribution in [2.45, 2.75) is 19.3 Å². The van der Waals surface area contributed by atoms with Gasteiger partial charge in [-0.15, -0.1) is 0 Å². The van der Waals surface area contributed by atoms with Crippen LogP contribution in [0.25, 0.3) is 0 Å². The molecule has 0 saturated carbocycles. The third kappa shape index (κ3) is 3.07. The van der Waals surface area contributed by atoms with Crippen LogP contribution in [-0.4, -0.2) is 49.4 Å². The predicted octanol–water partition coefficient (Wildman–Crippen LogP) is 0.0903. The number of methoxy groups -OCH3 is 1. The molecule has 0 aromatic rings. The summed E-state index contributed by atoms with van der Waals surface area (Å²) in [5.41, 5.74) is 0. The number of hydrogen-bond acceptors (Lipinski definition) is 4. The van der Waals surface area contributed by atoms with E-state index in [2.05, 4.69) is 5.32 Å². The van der Waals surface area contributed by atoms with E-state index in [1.165, 1.54) is 4.90 Å². The van der Waals surface area contributed by atoms with Crippen LogP contribution in [0.1, 0.15) is 19.3 Å². The lowest BCUT2D eigenvalue weighted by Gasteiger charge is -2.14. The number of nitrogens with zero attached hydrogens (tertiary/aromatic N) is 1. The molecule has 1 saturated heterocycles. The summed E-state index contributed by atoms with van der Waals surface area (Å²) >= 11 is 0. The number of fused-ring (bicyclic) bond motifs is 1. The molecule has 20 heavy (non-hydrogen) atoms. The third-order valence-electron chi connectivity index (χ3n) is 3.79. The number of carbonyl (C=O) groups excluding carboxylic acids is 3. The maximum atomic E-state index is 12.1. The second-order valence-corrected chi connectivity index (χ2v) is 5.08. The molecule has 6 nitrogen and oxygen atoms in total. The van der Waals surface area contributed by atoms with Crippen molar-refractivity contribution in [3.05, 3.63) is 12.2 Å². The van der Waals surface area contributed by atoms with Crippen molar-refractivity contribution in [3.8, 4) is 0 Å². The van der Waals surface area contributed by atoms with Gasteiger partial charge in [-0.3, -0.25) is 19.3 Å². The van der Waals surface area contributed by atoms with Crippen LogP contribution in [0, 0.1) is 11.8 Å². The van der Waals surface area contributed by atoms with Crippen LogP contribution >= 0.6 is 0 Å². The number of carbonyl (C=O) groups is 3. The topological polar surface area (TPSA) is 75.7 Å². The SMILES string of the molecule is COCCNC(=O)CCN1C(=O)[C@H]2CC=CC[C@H]2C1=O. The molecule has 0 aromatic heterocycles. The molecule has 0 radical (unpaired) electrons. The first kappa shape index (κ1) is 14.7. The van der Waals surface area contributed by atoms with Gasteiger partial charge in [0.25, 0.3) is 0 Å². The molecule has 1 aliphatic heterocycles. The van der Waals surface area contributed by atoms with E-state index in [4.69, 9.17) is 4.74 Å². The molecule has 2 rings (SSSR count). The van der Waals surface area contributed by atoms with Gasteiger partial charge >= 0.3 is 0 Å². The maximum Gasteiger partial charge on any atom is 0.233 e. The van der Waals surface area contributed by atoms with Crippen LogP contribution in [0.4, 0.5) is 0 Å². The Labute approximate surface area is 118 Å². The summed E-state index contributed by atoms with van der Waals surface area (Å²) in [6.45, 7) is 1.05. The van der Waals surface area contributed by atoms with Crippen molar-refractivity contribution in [2.75, 3.05) is 26.8 Å². The summed E-state index contributed by atoms with van der Waals surface area (Å²) < 4.78 is 4.83. The summed E-state index contributed by atoms with van der Waals surface area (Å²) in [5, 5.41) is 2.67. The van der Waals surface area contributed by atoms with Gasteiger partial charge in [0, 0.05) is 26.6 Å². The largest absolute Gasteiger partial charge is 0.383 e. The van der Waals surface area contributed by atoms with Crippen molar-refractivity contribution < 1.29 is 19.1 Å². The van der Waals surface area contributed by atoms with Crippen LogP contribution in [0.2, 0.25) is 0 Å². The van der Waals surface area contributed by atoms with Crippen LogP contribution < -0.4 is 5.32 Å². The number of likely N-dealkylation sites (tertiary alicyclic amines) is 1. The number of ether oxygens (including phenoxy) is 1. The molecule has 0 aromatic carbocycles. The first-order valence-corrected chi connectivity index (χ1v) is 6.91. The summed E-state index contributed by atoms with van der Waals surface area (Å²) in [7, 11) is 1.56. The Bertz CT molecular complexity index is 407. The molecule has 0 bridgehead atoms. The fourth-order valence-corrected chi connectivity index (χ4v) is 2.68. The molecule has 1 aliphatic carbocycles. The molecule has 3 amide bonds. The van der Waals surface area contributed by atoms with E-state index in [1.807, 2.05) is 12.2 Å². The lowest BCUT2D eigenvalue weighted by atomic mass is 9.85. The number of allylic oxidation sites excluding steroid dienone is 2. The number of nitrogens with one attached hydrogen (secondary N) is 1. The normalized spacial score (nSPS) is 24.9. The molecule has 1 heterocycles. The third-order valence-corrected chi connectivity index (χ3v) is 3.79. The second-order valence-electron chi connectivity index (χ2n) is 5.08. The van der Waals surface area contributed by atoms with Crippen molar-refractivity contribution in [3.63, 3.8) is 0 Å². The summed E-state index contributed by atoms with van der Waals surface area (Å²) in [6, 6.07) is 0. The monoisotopic (exact) mass is 280 g/mol. The van der Waals surface area contributed by atoms with E-state index in [1.54, 1.807) is 7.11 Å². The average Bonchev–Trinajstić information content (AvgIpc) is 2.70. The zero-order valence-electron chi connectivity index (χ0n) is 11.6. The highest BCUT2D eigenvalue weighted by molar-refractivity contribution is 6.05. The van der Waals surface area contributed by atoms with Gasteiger partial charge in [-0.1, -0.05) is 12.2 Å². The Morgan fingerprint density at radius 1 is 1.30 bits per heavy atom. The molecule has 110 valence electrons. The smallest absolute Gasteiger partial charge is 0.233 e. The lowest BCUT2D eigenvalue weighted by molar-refractivity contribution is -0.140. The van der Waals surface area contributed by atoms with Gasteiger partial charge in [-0.25, -0.2) is 0 Å². The number of amides is 3. The van der Waals surface area contributed by atoms with Crippen molar-refractivity contribution in [1.29, 1.82) is 0 Å². The molecule has 2 aliphatic rings. The van der Waals surface area contributed by atoms with E-state index in [0.717, 1.165) is 0 Å². The summed E-state index contributed by atoms with van der Waals surface area (Å²) in [6.07, 6.45) is 5.31. The Morgan fingerprint density at radius 3 is 2.45 bits per heavy atom. The van der Waals surface area contributed by atoms with E-state index in [0.29, 0.717) is 26.0 Å². The number of imide groups is 1. The molecular formula is C14H20N2O4. The summed E-state index contributed by atoms with van der Waals surface area (Å²) in [4.78, 5) is 37.1. The molecular weight excluding hydrogens is 260 g/mol. The zero-order valence-corrected chi connectivity index (χ0v) is 11.6. The van der Waals surface area contributed by atoms with E-state index < -0.39 is 0 Å². The quantitative estimate of drug-likeness (QED) is 0.425. The molecule has 2 atom stereocenters. The molecule has 0 spiro atoms. The first-order valence-electron chi connectivity index (χ1n) is 6.91. The molecule has 1 fully saturated rings. The average molecular weight is 280 g/mol. The van der Waals surface area contributed by atoms with Crippen LogP contribution in [0.15, 0.2) is 12.2 Å². The highest BCUT2D eigenvalue weighted by atomic mass is 16.5. The van der Waals surface area contributed by atoms with Crippen molar-refractivity contribution >= 4 is 17.7 Å². The highest BCUT2D eigenvalue weighted by Gasteiger charge is 2.46. The van der Waals surface area contributed by atoms with Crippen LogP contribution in [-0.2, 0) is 19.1 Å². The van der Waals surface area contributed by atoms with E-state index in [-0.39, 0.29) is 42.5 Å². The van der Waals surface area contributed by atoms with Crippen LogP contribution in [0.5, 0.6) is 0 Å². The Morgan fingerprint density at radius 2 is 1.90 bits per heavy atom. The van der Waals surface area contributed by atoms with Gasteiger partial charge in [-0.05, 0) is 12.8 Å². The lowest BCUT2D eigenvalue weighted by Crippen LogP contribution is -2.36. The number of hydrogen-bond donors (Lipinski definition) is 1. The fraction of sp³-hybridized carbons (Fsp3) is 0.643. The van der Waals surface area contributed by atoms with Crippen molar-refractivity contribution in [2.24, 2.45) is 11.8 Å². The fourth-order valence-electron chi connectivity index (χ4n) is 2.68. The standard InChI is InChI=1S/C14H20N2O4/c1-20-9-7-15-12(17)6-8-16-13(18)10-4-2-3-5-11(10)14(16)19/h2-3,10-11H,4-9H2,1H3,(H,15,17)/t10-,11+. The first-order chi connectivity index (χ1) is 9.65. The minimum absolute atomic E-state index is 0.131. The zero-order chi connectivity index (χ0) is 14.5. The molecule has 6 heteroatoms. The Kier molecular flexibility index (Phi) is 4.89. The van der Waals surface area contributed by atoms with E-state index in [9.17, 15) is 14.4 Å². The number of rotatable bonds is 6. The minimum Gasteiger partial charge on any atom is -0.383 e. The maximum absolute atomic E-state index is 12.1. The predicted molar refractivity (Wildman–Crippen MR) is 71.6 cm³/mol. The van der Waals surface area contributed by atoms with Gasteiger partial charge in [0.2, 0.25) is 17.7 Å². The Balaban J connectivity index is 1.83. The summed E-state index contributed by atoms with van der Waals surface area (Å²) in [5.74, 6) is -0.869. The highest BCUT2D eigenvalue weighted by Crippen LogP contribution is 2.34. The van der Waals surface area contributed by atoms with Gasteiger partial charge in [-0.2, -0.15) is 0 Å². The van der Waals surface area contributed by atoms with Gasteiger partial charge < -0.3 is 10.1 Å². The molecule has 0 unspecified atom stereocenters. The van der Waals surface area contributed by atoms with Crippen molar-refractivity contribution in [1.82, 2.24) is 10.2 Å².